The fourth-order valence-electron chi connectivity index (χ4n) is 2.26. The largest absolute Gasteiger partial charge is 0.482 e. The van der Waals surface area contributed by atoms with Gasteiger partial charge in [0.25, 0.3) is 0 Å². The highest BCUT2D eigenvalue weighted by Gasteiger charge is 2.30. The van der Waals surface area contributed by atoms with E-state index in [-0.39, 0.29) is 31.1 Å². The number of hydrogen-bond acceptors (Lipinski definition) is 6. The van der Waals surface area contributed by atoms with E-state index in [1.807, 2.05) is 0 Å². The second-order valence-electron chi connectivity index (χ2n) is 5.34. The molecule has 2 amide bonds. The minimum Gasteiger partial charge on any atom is -0.482 e. The van der Waals surface area contributed by atoms with E-state index in [9.17, 15) is 14.4 Å². The summed E-state index contributed by atoms with van der Waals surface area (Å²) in [7, 11) is 0. The molecule has 2 rings (SSSR count). The third kappa shape index (κ3) is 5.48. The molecule has 1 heterocycles. The summed E-state index contributed by atoms with van der Waals surface area (Å²) in [6.07, 6.45) is 0. The summed E-state index contributed by atoms with van der Waals surface area (Å²) in [6, 6.07) is 5.92. The molecule has 0 bridgehead atoms. The van der Waals surface area contributed by atoms with Crippen molar-refractivity contribution in [3.05, 3.63) is 40.0 Å². The number of ether oxygens (including phenoxy) is 3. The summed E-state index contributed by atoms with van der Waals surface area (Å²) in [5.41, 5.74) is 0.407. The summed E-state index contributed by atoms with van der Waals surface area (Å²) in [6.45, 7) is 2.94. The van der Waals surface area contributed by atoms with Crippen LogP contribution in [0.5, 0.6) is 5.75 Å². The Kier molecular flexibility index (Phi) is 7.02. The van der Waals surface area contributed by atoms with Crippen molar-refractivity contribution in [3.8, 4) is 5.75 Å². The lowest BCUT2D eigenvalue weighted by Gasteiger charge is -2.26. The SMILES string of the molecule is CCOC(=O)C1=C(COC(=O)COc2ccc(Br)cc2)NC(=O)N[C@H]1C. The molecule has 0 unspecified atom stereocenters. The van der Waals surface area contributed by atoms with Crippen LogP contribution in [0.15, 0.2) is 40.0 Å². The van der Waals surface area contributed by atoms with E-state index in [4.69, 9.17) is 14.2 Å². The monoisotopic (exact) mass is 426 g/mol. The molecule has 0 fully saturated rings. The van der Waals surface area contributed by atoms with Gasteiger partial charge in [-0.25, -0.2) is 14.4 Å². The quantitative estimate of drug-likeness (QED) is 0.645. The molecule has 1 aliphatic rings. The zero-order valence-corrected chi connectivity index (χ0v) is 15.9. The first kappa shape index (κ1) is 19.8. The van der Waals surface area contributed by atoms with Crippen molar-refractivity contribution in [2.45, 2.75) is 19.9 Å². The van der Waals surface area contributed by atoms with E-state index in [2.05, 4.69) is 26.6 Å². The third-order valence-corrected chi connectivity index (χ3v) is 3.94. The molecule has 0 saturated carbocycles. The summed E-state index contributed by atoms with van der Waals surface area (Å²) in [5, 5.41) is 5.04. The van der Waals surface area contributed by atoms with Gasteiger partial charge in [-0.2, -0.15) is 0 Å². The molecule has 0 spiro atoms. The number of benzene rings is 1. The van der Waals surface area contributed by atoms with Gasteiger partial charge in [-0.05, 0) is 38.1 Å². The zero-order valence-electron chi connectivity index (χ0n) is 14.3. The Morgan fingerprint density at radius 1 is 1.19 bits per heavy atom. The molecule has 0 radical (unpaired) electrons. The van der Waals surface area contributed by atoms with E-state index in [1.54, 1.807) is 38.1 Å². The van der Waals surface area contributed by atoms with Gasteiger partial charge < -0.3 is 24.8 Å². The molecule has 0 saturated heterocycles. The first-order valence-corrected chi connectivity index (χ1v) is 8.71. The van der Waals surface area contributed by atoms with Gasteiger partial charge >= 0.3 is 18.0 Å². The summed E-state index contributed by atoms with van der Waals surface area (Å²) < 4.78 is 16.3. The number of carbonyl (C=O) groups excluding carboxylic acids is 3. The van der Waals surface area contributed by atoms with E-state index in [1.165, 1.54) is 0 Å². The Morgan fingerprint density at radius 3 is 2.54 bits per heavy atom. The lowest BCUT2D eigenvalue weighted by atomic mass is 10.0. The molecule has 9 heteroatoms. The summed E-state index contributed by atoms with van der Waals surface area (Å²) in [4.78, 5) is 35.6. The van der Waals surface area contributed by atoms with Crippen LogP contribution in [0, 0.1) is 0 Å². The van der Waals surface area contributed by atoms with Gasteiger partial charge in [0.2, 0.25) is 0 Å². The molecule has 1 aromatic carbocycles. The van der Waals surface area contributed by atoms with E-state index >= 15 is 0 Å². The number of urea groups is 1. The smallest absolute Gasteiger partial charge is 0.344 e. The predicted octanol–water partition coefficient (Wildman–Crippen LogP) is 1.89. The van der Waals surface area contributed by atoms with Crippen LogP contribution in [0.25, 0.3) is 0 Å². The van der Waals surface area contributed by atoms with Crippen molar-refractivity contribution in [2.24, 2.45) is 0 Å². The maximum atomic E-state index is 12.1. The van der Waals surface area contributed by atoms with Crippen LogP contribution < -0.4 is 15.4 Å². The normalized spacial score (nSPS) is 16.4. The van der Waals surface area contributed by atoms with Crippen LogP contribution in [0.3, 0.4) is 0 Å². The standard InChI is InChI=1S/C17H19BrN2O6/c1-3-24-16(22)15-10(2)19-17(23)20-13(15)8-26-14(21)9-25-12-6-4-11(18)5-7-12/h4-7,10H,3,8-9H2,1-2H3,(H2,19,20,23)/t10-/m0/s1. The molecule has 2 N–H and O–H groups in total. The topological polar surface area (TPSA) is 103 Å². The first-order chi connectivity index (χ1) is 12.4. The van der Waals surface area contributed by atoms with Crippen molar-refractivity contribution in [1.82, 2.24) is 10.6 Å². The van der Waals surface area contributed by atoms with Gasteiger partial charge in [0.1, 0.15) is 12.4 Å². The van der Waals surface area contributed by atoms with E-state index in [0.717, 1.165) is 4.47 Å². The molecular formula is C17H19BrN2O6. The third-order valence-electron chi connectivity index (χ3n) is 3.41. The van der Waals surface area contributed by atoms with Gasteiger partial charge in [-0.15, -0.1) is 0 Å². The average molecular weight is 427 g/mol. The van der Waals surface area contributed by atoms with Crippen LogP contribution in [-0.4, -0.2) is 43.8 Å². The number of esters is 2. The van der Waals surface area contributed by atoms with E-state index < -0.39 is 24.0 Å². The number of amides is 2. The van der Waals surface area contributed by atoms with Gasteiger partial charge in [-0.3, -0.25) is 0 Å². The van der Waals surface area contributed by atoms with Crippen LogP contribution in [0.1, 0.15) is 13.8 Å². The molecule has 1 atom stereocenters. The highest BCUT2D eigenvalue weighted by Crippen LogP contribution is 2.17. The van der Waals surface area contributed by atoms with Crippen LogP contribution in [0.4, 0.5) is 4.79 Å². The lowest BCUT2D eigenvalue weighted by Crippen LogP contribution is -2.50. The van der Waals surface area contributed by atoms with Crippen molar-refractivity contribution in [2.75, 3.05) is 19.8 Å². The number of nitrogens with one attached hydrogen (secondary N) is 2. The maximum absolute atomic E-state index is 12.1. The Hall–Kier alpha value is -2.55. The fourth-order valence-corrected chi connectivity index (χ4v) is 2.53. The maximum Gasteiger partial charge on any atom is 0.344 e. The molecule has 1 aliphatic heterocycles. The van der Waals surface area contributed by atoms with E-state index in [0.29, 0.717) is 5.75 Å². The van der Waals surface area contributed by atoms with Crippen molar-refractivity contribution in [3.63, 3.8) is 0 Å². The lowest BCUT2D eigenvalue weighted by molar-refractivity contribution is -0.145. The van der Waals surface area contributed by atoms with Gasteiger partial charge in [-0.1, -0.05) is 15.9 Å². The molecule has 0 aromatic heterocycles. The minimum atomic E-state index is -0.635. The molecule has 26 heavy (non-hydrogen) atoms. The Bertz CT molecular complexity index is 716. The minimum absolute atomic E-state index is 0.191. The number of halogens is 1. The highest BCUT2D eigenvalue weighted by atomic mass is 79.9. The second-order valence-corrected chi connectivity index (χ2v) is 6.25. The molecule has 0 aliphatic carbocycles. The summed E-state index contributed by atoms with van der Waals surface area (Å²) in [5.74, 6) is -0.700. The molecular weight excluding hydrogens is 408 g/mol. The number of rotatable bonds is 7. The van der Waals surface area contributed by atoms with Crippen molar-refractivity contribution >= 4 is 33.9 Å². The van der Waals surface area contributed by atoms with Gasteiger partial charge in [0, 0.05) is 4.47 Å². The highest BCUT2D eigenvalue weighted by molar-refractivity contribution is 9.10. The average Bonchev–Trinajstić information content (AvgIpc) is 2.59. The number of carbonyl (C=O) groups is 3. The second kappa shape index (κ2) is 9.23. The van der Waals surface area contributed by atoms with Gasteiger partial charge in [0.05, 0.1) is 23.9 Å². The predicted molar refractivity (Wildman–Crippen MR) is 95.4 cm³/mol. The zero-order chi connectivity index (χ0) is 19.1. The number of hydrogen-bond donors (Lipinski definition) is 2. The van der Waals surface area contributed by atoms with Crippen LogP contribution >= 0.6 is 15.9 Å². The fraction of sp³-hybridized carbons (Fsp3) is 0.353. The van der Waals surface area contributed by atoms with Gasteiger partial charge in [0.15, 0.2) is 6.61 Å². The summed E-state index contributed by atoms with van der Waals surface area (Å²) >= 11 is 3.30. The van der Waals surface area contributed by atoms with Crippen molar-refractivity contribution < 1.29 is 28.6 Å². The Labute approximate surface area is 159 Å². The molecule has 1 aromatic rings. The molecule has 8 nitrogen and oxygen atoms in total. The van der Waals surface area contributed by atoms with Crippen molar-refractivity contribution in [1.29, 1.82) is 0 Å². The van der Waals surface area contributed by atoms with Crippen LogP contribution in [0.2, 0.25) is 0 Å². The Balaban J connectivity index is 1.96. The molecule has 140 valence electrons. The van der Waals surface area contributed by atoms with Crippen LogP contribution in [-0.2, 0) is 19.1 Å². The first-order valence-electron chi connectivity index (χ1n) is 7.92. The Morgan fingerprint density at radius 2 is 1.88 bits per heavy atom.